The van der Waals surface area contributed by atoms with E-state index in [1.807, 2.05) is 0 Å². The van der Waals surface area contributed by atoms with Gasteiger partial charge in [0.2, 0.25) is 0 Å². The highest BCUT2D eigenvalue weighted by atomic mass is 16.3. The molecule has 1 N–H and O–H groups in total. The van der Waals surface area contributed by atoms with Crippen LogP contribution in [0.15, 0.2) is 35.4 Å². The lowest BCUT2D eigenvalue weighted by Gasteiger charge is -1.97. The number of hydrogen-bond acceptors (Lipinski definition) is 6. The smallest absolute Gasteiger partial charge is 0.357 e. The lowest BCUT2D eigenvalue weighted by atomic mass is 10.3. The van der Waals surface area contributed by atoms with Crippen LogP contribution in [0.3, 0.4) is 0 Å². The van der Waals surface area contributed by atoms with E-state index in [2.05, 4.69) is 15.4 Å². The molecule has 0 atom stereocenters. The quantitative estimate of drug-likeness (QED) is 0.657. The molecule has 0 spiro atoms. The minimum Gasteiger partial charge on any atom is -0.396 e. The van der Waals surface area contributed by atoms with Crippen molar-refractivity contribution < 1.29 is 9.90 Å². The van der Waals surface area contributed by atoms with Crippen molar-refractivity contribution in [1.29, 1.82) is 0 Å². The van der Waals surface area contributed by atoms with Crippen molar-refractivity contribution in [3.05, 3.63) is 46.8 Å². The van der Waals surface area contributed by atoms with E-state index in [4.69, 9.17) is 5.11 Å². The molecule has 0 saturated carbocycles. The van der Waals surface area contributed by atoms with Crippen LogP contribution in [-0.2, 0) is 13.0 Å². The summed E-state index contributed by atoms with van der Waals surface area (Å²) >= 11 is 0. The van der Waals surface area contributed by atoms with Crippen LogP contribution in [0.4, 0.5) is 0 Å². The van der Waals surface area contributed by atoms with Crippen LogP contribution in [0.25, 0.3) is 5.65 Å². The van der Waals surface area contributed by atoms with E-state index in [1.165, 1.54) is 9.08 Å². The molecule has 3 rings (SSSR count). The second-order valence-electron chi connectivity index (χ2n) is 4.40. The molecule has 0 aliphatic rings. The molecular weight excluding hydrogens is 276 g/mol. The molecule has 0 amide bonds. The largest absolute Gasteiger partial charge is 0.396 e. The SMILES string of the molecule is O=C(Cn1cc(CCO)nn1)n1nc2ccccn2c1=O. The van der Waals surface area contributed by atoms with E-state index in [0.717, 1.165) is 4.68 Å². The number of carbonyl (C=O) groups excluding carboxylic acids is 1. The normalized spacial score (nSPS) is 11.1. The highest BCUT2D eigenvalue weighted by Crippen LogP contribution is 1.97. The van der Waals surface area contributed by atoms with Gasteiger partial charge in [-0.05, 0) is 12.1 Å². The fourth-order valence-electron chi connectivity index (χ4n) is 1.94. The van der Waals surface area contributed by atoms with E-state index in [0.29, 0.717) is 17.8 Å². The van der Waals surface area contributed by atoms with Gasteiger partial charge in [0.15, 0.2) is 5.65 Å². The summed E-state index contributed by atoms with van der Waals surface area (Å²) in [5.41, 5.74) is 0.453. The van der Waals surface area contributed by atoms with E-state index in [1.54, 1.807) is 30.6 Å². The van der Waals surface area contributed by atoms with Crippen LogP contribution in [-0.4, -0.2) is 46.8 Å². The topological polar surface area (TPSA) is 107 Å². The molecule has 21 heavy (non-hydrogen) atoms. The zero-order valence-electron chi connectivity index (χ0n) is 11.0. The van der Waals surface area contributed by atoms with Crippen LogP contribution in [0.1, 0.15) is 10.5 Å². The van der Waals surface area contributed by atoms with Crippen LogP contribution < -0.4 is 5.69 Å². The molecule has 3 heterocycles. The van der Waals surface area contributed by atoms with E-state index in [-0.39, 0.29) is 13.2 Å². The fourth-order valence-corrected chi connectivity index (χ4v) is 1.94. The molecule has 0 saturated heterocycles. The minimum atomic E-state index is -0.522. The first kappa shape index (κ1) is 13.2. The van der Waals surface area contributed by atoms with Gasteiger partial charge in [0.1, 0.15) is 6.54 Å². The Morgan fingerprint density at radius 2 is 2.19 bits per heavy atom. The van der Waals surface area contributed by atoms with Crippen molar-refractivity contribution >= 4 is 11.6 Å². The highest BCUT2D eigenvalue weighted by molar-refractivity contribution is 5.77. The predicted molar refractivity (Wildman–Crippen MR) is 70.9 cm³/mol. The minimum absolute atomic E-state index is 0.0431. The van der Waals surface area contributed by atoms with Crippen LogP contribution in [0.2, 0.25) is 0 Å². The van der Waals surface area contributed by atoms with Gasteiger partial charge in [-0.25, -0.2) is 13.9 Å². The molecule has 3 aromatic rings. The third-order valence-electron chi connectivity index (χ3n) is 2.92. The molecule has 108 valence electrons. The van der Waals surface area contributed by atoms with Crippen LogP contribution >= 0.6 is 0 Å². The van der Waals surface area contributed by atoms with Crippen molar-refractivity contribution in [2.24, 2.45) is 0 Å². The van der Waals surface area contributed by atoms with Crippen molar-refractivity contribution in [3.8, 4) is 0 Å². The number of pyridine rings is 1. The predicted octanol–water partition coefficient (Wildman–Crippen LogP) is -1.04. The van der Waals surface area contributed by atoms with Gasteiger partial charge in [-0.15, -0.1) is 14.9 Å². The van der Waals surface area contributed by atoms with E-state index < -0.39 is 11.6 Å². The first-order valence-corrected chi connectivity index (χ1v) is 6.28. The van der Waals surface area contributed by atoms with E-state index >= 15 is 0 Å². The van der Waals surface area contributed by atoms with Crippen molar-refractivity contribution in [3.63, 3.8) is 0 Å². The second kappa shape index (κ2) is 5.29. The van der Waals surface area contributed by atoms with Crippen LogP contribution in [0.5, 0.6) is 0 Å². The summed E-state index contributed by atoms with van der Waals surface area (Å²) in [5, 5.41) is 20.3. The Bertz CT molecular complexity index is 846. The van der Waals surface area contributed by atoms with Crippen LogP contribution in [0, 0.1) is 0 Å². The third-order valence-corrected chi connectivity index (χ3v) is 2.92. The van der Waals surface area contributed by atoms with Gasteiger partial charge < -0.3 is 5.11 Å². The Labute approximate surface area is 118 Å². The van der Waals surface area contributed by atoms with Gasteiger partial charge in [0.25, 0.3) is 5.91 Å². The summed E-state index contributed by atoms with van der Waals surface area (Å²) in [7, 11) is 0. The monoisotopic (exact) mass is 288 g/mol. The molecular formula is C12H12N6O3. The zero-order valence-corrected chi connectivity index (χ0v) is 11.0. The van der Waals surface area contributed by atoms with Gasteiger partial charge >= 0.3 is 5.69 Å². The summed E-state index contributed by atoms with van der Waals surface area (Å²) in [6.45, 7) is -0.194. The lowest BCUT2D eigenvalue weighted by Crippen LogP contribution is -2.30. The molecule has 0 fully saturated rings. The Hall–Kier alpha value is -2.81. The number of fused-ring (bicyclic) bond motifs is 1. The molecule has 0 bridgehead atoms. The molecule has 0 aromatic carbocycles. The van der Waals surface area contributed by atoms with Gasteiger partial charge in [-0.3, -0.25) is 4.79 Å². The standard InChI is InChI=1S/C12H12N6O3/c19-6-4-9-7-16(15-13-9)8-11(20)18-12(21)17-5-2-1-3-10(17)14-18/h1-3,5,7,19H,4,6,8H2. The van der Waals surface area contributed by atoms with Gasteiger partial charge in [0, 0.05) is 25.4 Å². The average Bonchev–Trinajstić information content (AvgIpc) is 3.05. The Balaban J connectivity index is 1.86. The zero-order chi connectivity index (χ0) is 14.8. The maximum absolute atomic E-state index is 12.1. The molecule has 3 aromatic heterocycles. The summed E-state index contributed by atoms with van der Waals surface area (Å²) in [5.74, 6) is -0.510. The van der Waals surface area contributed by atoms with Crippen molar-refractivity contribution in [1.82, 2.24) is 29.2 Å². The van der Waals surface area contributed by atoms with E-state index in [9.17, 15) is 9.59 Å². The highest BCUT2D eigenvalue weighted by Gasteiger charge is 2.14. The van der Waals surface area contributed by atoms with Crippen molar-refractivity contribution in [2.75, 3.05) is 6.61 Å². The lowest BCUT2D eigenvalue weighted by molar-refractivity contribution is 0.0865. The fraction of sp³-hybridized carbons (Fsp3) is 0.250. The number of aromatic nitrogens is 6. The molecule has 0 aliphatic heterocycles. The van der Waals surface area contributed by atoms with Gasteiger partial charge in [0.05, 0.1) is 5.69 Å². The first-order valence-electron chi connectivity index (χ1n) is 6.28. The Kier molecular flexibility index (Phi) is 3.32. The Morgan fingerprint density at radius 3 is 2.95 bits per heavy atom. The molecule has 9 nitrogen and oxygen atoms in total. The number of carbonyl (C=O) groups is 1. The maximum Gasteiger partial charge on any atom is 0.357 e. The van der Waals surface area contributed by atoms with Gasteiger partial charge in [-0.1, -0.05) is 11.3 Å². The summed E-state index contributed by atoms with van der Waals surface area (Å²) in [6, 6.07) is 5.05. The average molecular weight is 288 g/mol. The number of aliphatic hydroxyl groups excluding tert-OH is 1. The molecule has 9 heteroatoms. The Morgan fingerprint density at radius 1 is 1.33 bits per heavy atom. The number of hydrogen-bond donors (Lipinski definition) is 1. The second-order valence-corrected chi connectivity index (χ2v) is 4.40. The van der Waals surface area contributed by atoms with Crippen molar-refractivity contribution in [2.45, 2.75) is 13.0 Å². The molecule has 0 unspecified atom stereocenters. The summed E-state index contributed by atoms with van der Waals surface area (Å²) < 4.78 is 3.41. The number of aliphatic hydroxyl groups is 1. The maximum atomic E-state index is 12.1. The molecule has 0 aliphatic carbocycles. The number of nitrogens with zero attached hydrogens (tertiary/aromatic N) is 6. The summed E-state index contributed by atoms with van der Waals surface area (Å²) in [6.07, 6.45) is 3.46. The third kappa shape index (κ3) is 2.46. The summed E-state index contributed by atoms with van der Waals surface area (Å²) in [4.78, 5) is 24.2. The molecule has 0 radical (unpaired) electrons. The number of rotatable bonds is 4. The first-order chi connectivity index (χ1) is 10.2. The van der Waals surface area contributed by atoms with Gasteiger partial charge in [-0.2, -0.15) is 0 Å².